The van der Waals surface area contributed by atoms with E-state index in [4.69, 9.17) is 4.42 Å². The van der Waals surface area contributed by atoms with Crippen molar-refractivity contribution >= 4 is 10.0 Å². The normalized spacial score (nSPS) is 18.6. The Labute approximate surface area is 140 Å². The van der Waals surface area contributed by atoms with Crippen LogP contribution in [0.15, 0.2) is 52.0 Å². The molecule has 1 saturated heterocycles. The predicted molar refractivity (Wildman–Crippen MR) is 85.3 cm³/mol. The Morgan fingerprint density at radius 2 is 1.79 bits per heavy atom. The van der Waals surface area contributed by atoms with Gasteiger partial charge in [-0.25, -0.2) is 12.8 Å². The number of hydrogen-bond donors (Lipinski definition) is 1. The van der Waals surface area contributed by atoms with E-state index in [1.54, 1.807) is 12.1 Å². The molecule has 0 aliphatic carbocycles. The smallest absolute Gasteiger partial charge is 0.243 e. The first-order valence-electron chi connectivity index (χ1n) is 7.66. The SMILES string of the molecule is O=S(=O)(c1ccc(F)cc1)N1CCN(CC(O)c2ccco2)CC1. The minimum Gasteiger partial charge on any atom is -0.467 e. The van der Waals surface area contributed by atoms with Gasteiger partial charge >= 0.3 is 0 Å². The lowest BCUT2D eigenvalue weighted by Crippen LogP contribution is -2.49. The van der Waals surface area contributed by atoms with E-state index in [-0.39, 0.29) is 4.90 Å². The first-order valence-corrected chi connectivity index (χ1v) is 9.10. The number of hydrogen-bond acceptors (Lipinski definition) is 5. The first kappa shape index (κ1) is 17.1. The number of halogens is 1. The van der Waals surface area contributed by atoms with Gasteiger partial charge < -0.3 is 9.52 Å². The monoisotopic (exact) mass is 354 g/mol. The van der Waals surface area contributed by atoms with E-state index in [0.717, 1.165) is 12.1 Å². The maximum absolute atomic E-state index is 13.0. The van der Waals surface area contributed by atoms with Crippen molar-refractivity contribution in [2.45, 2.75) is 11.0 Å². The largest absolute Gasteiger partial charge is 0.467 e. The third-order valence-electron chi connectivity index (χ3n) is 4.09. The molecule has 0 spiro atoms. The molecule has 1 aromatic heterocycles. The molecule has 1 aliphatic rings. The van der Waals surface area contributed by atoms with Crippen molar-refractivity contribution in [1.29, 1.82) is 0 Å². The Morgan fingerprint density at radius 3 is 2.38 bits per heavy atom. The topological polar surface area (TPSA) is 74.0 Å². The number of β-amino-alcohol motifs (C(OH)–C–C–N with tert-alkyl or cyclic N) is 1. The molecule has 1 N–H and O–H groups in total. The van der Waals surface area contributed by atoms with Crippen LogP contribution in [0.2, 0.25) is 0 Å². The third kappa shape index (κ3) is 3.67. The Kier molecular flexibility index (Phi) is 5.00. The summed E-state index contributed by atoms with van der Waals surface area (Å²) in [7, 11) is -3.61. The highest BCUT2D eigenvalue weighted by Gasteiger charge is 2.29. The third-order valence-corrected chi connectivity index (χ3v) is 6.00. The molecule has 1 aliphatic heterocycles. The van der Waals surface area contributed by atoms with Gasteiger partial charge in [-0.3, -0.25) is 4.90 Å². The molecule has 0 bridgehead atoms. The van der Waals surface area contributed by atoms with Crippen LogP contribution in [0.4, 0.5) is 4.39 Å². The molecule has 1 atom stereocenters. The Morgan fingerprint density at radius 1 is 1.12 bits per heavy atom. The van der Waals surface area contributed by atoms with Gasteiger partial charge in [0.05, 0.1) is 11.2 Å². The molecule has 8 heteroatoms. The average molecular weight is 354 g/mol. The van der Waals surface area contributed by atoms with Crippen molar-refractivity contribution in [3.05, 3.63) is 54.2 Å². The summed E-state index contributed by atoms with van der Waals surface area (Å²) in [4.78, 5) is 2.08. The van der Waals surface area contributed by atoms with Crippen molar-refractivity contribution < 1.29 is 22.3 Å². The van der Waals surface area contributed by atoms with Crippen LogP contribution in [-0.2, 0) is 10.0 Å². The number of rotatable bonds is 5. The summed E-state index contributed by atoms with van der Waals surface area (Å²) in [6.45, 7) is 2.06. The van der Waals surface area contributed by atoms with E-state index in [1.165, 1.54) is 22.7 Å². The molecule has 2 aromatic rings. The highest BCUT2D eigenvalue weighted by atomic mass is 32.2. The number of furan rings is 1. The lowest BCUT2D eigenvalue weighted by molar-refractivity contribution is 0.0776. The predicted octanol–water partition coefficient (Wildman–Crippen LogP) is 1.46. The van der Waals surface area contributed by atoms with Crippen molar-refractivity contribution in [2.24, 2.45) is 0 Å². The number of aliphatic hydroxyl groups is 1. The molecule has 1 aromatic carbocycles. The summed E-state index contributed by atoms with van der Waals surface area (Å²) in [5, 5.41) is 10.1. The second kappa shape index (κ2) is 7.02. The number of sulfonamides is 1. The van der Waals surface area contributed by atoms with Crippen LogP contribution >= 0.6 is 0 Å². The maximum atomic E-state index is 13.0. The van der Waals surface area contributed by atoms with E-state index in [9.17, 15) is 17.9 Å². The van der Waals surface area contributed by atoms with Crippen LogP contribution in [0, 0.1) is 5.82 Å². The Balaban J connectivity index is 1.59. The molecule has 0 radical (unpaired) electrons. The van der Waals surface area contributed by atoms with Crippen molar-refractivity contribution in [1.82, 2.24) is 9.21 Å². The highest BCUT2D eigenvalue weighted by molar-refractivity contribution is 7.89. The van der Waals surface area contributed by atoms with Crippen LogP contribution in [0.3, 0.4) is 0 Å². The molecule has 1 unspecified atom stereocenters. The van der Waals surface area contributed by atoms with Gasteiger partial charge in [0.25, 0.3) is 0 Å². The van der Waals surface area contributed by atoms with Crippen LogP contribution in [0.1, 0.15) is 11.9 Å². The zero-order chi connectivity index (χ0) is 17.2. The standard InChI is InChI=1S/C16H19FN2O4S/c17-13-3-5-14(6-4-13)24(21,22)19-9-7-18(8-10-19)12-15(20)16-2-1-11-23-16/h1-6,11,15,20H,7-10,12H2. The minimum atomic E-state index is -3.61. The van der Waals surface area contributed by atoms with Gasteiger partial charge in [-0.2, -0.15) is 4.31 Å². The zero-order valence-corrected chi connectivity index (χ0v) is 13.8. The second-order valence-electron chi connectivity index (χ2n) is 5.69. The number of aliphatic hydroxyl groups excluding tert-OH is 1. The summed E-state index contributed by atoms with van der Waals surface area (Å²) >= 11 is 0. The van der Waals surface area contributed by atoms with E-state index < -0.39 is 21.9 Å². The van der Waals surface area contributed by atoms with Crippen LogP contribution in [-0.4, -0.2) is 55.5 Å². The average Bonchev–Trinajstić information content (AvgIpc) is 3.10. The van der Waals surface area contributed by atoms with E-state index in [2.05, 4.69) is 0 Å². The van der Waals surface area contributed by atoms with Gasteiger partial charge in [0.1, 0.15) is 17.7 Å². The number of nitrogens with zero attached hydrogens (tertiary/aromatic N) is 2. The van der Waals surface area contributed by atoms with Crippen LogP contribution < -0.4 is 0 Å². The molecule has 0 amide bonds. The Bertz CT molecular complexity index is 754. The summed E-state index contributed by atoms with van der Waals surface area (Å²) in [6.07, 6.45) is 0.770. The number of benzene rings is 1. The fourth-order valence-corrected chi connectivity index (χ4v) is 4.15. The summed E-state index contributed by atoms with van der Waals surface area (Å²) in [5.41, 5.74) is 0. The van der Waals surface area contributed by atoms with Crippen molar-refractivity contribution in [3.8, 4) is 0 Å². The number of piperazine rings is 1. The molecule has 6 nitrogen and oxygen atoms in total. The minimum absolute atomic E-state index is 0.0907. The molecular weight excluding hydrogens is 335 g/mol. The molecule has 2 heterocycles. The lowest BCUT2D eigenvalue weighted by atomic mass is 10.2. The Hall–Kier alpha value is -1.74. The molecule has 1 fully saturated rings. The van der Waals surface area contributed by atoms with E-state index in [0.29, 0.717) is 38.5 Å². The van der Waals surface area contributed by atoms with Crippen LogP contribution in [0.5, 0.6) is 0 Å². The first-order chi connectivity index (χ1) is 11.5. The summed E-state index contributed by atoms with van der Waals surface area (Å²) in [5.74, 6) is 0.0297. The van der Waals surface area contributed by atoms with Gasteiger partial charge in [0.15, 0.2) is 0 Å². The van der Waals surface area contributed by atoms with Gasteiger partial charge in [0, 0.05) is 32.7 Å². The van der Waals surface area contributed by atoms with Gasteiger partial charge in [-0.15, -0.1) is 0 Å². The molecule has 24 heavy (non-hydrogen) atoms. The summed E-state index contributed by atoms with van der Waals surface area (Å²) in [6, 6.07) is 8.26. The zero-order valence-electron chi connectivity index (χ0n) is 13.0. The second-order valence-corrected chi connectivity index (χ2v) is 7.63. The van der Waals surface area contributed by atoms with Gasteiger partial charge in [0.2, 0.25) is 10.0 Å². The highest BCUT2D eigenvalue weighted by Crippen LogP contribution is 2.20. The van der Waals surface area contributed by atoms with Crippen molar-refractivity contribution in [3.63, 3.8) is 0 Å². The fourth-order valence-electron chi connectivity index (χ4n) is 2.72. The molecule has 0 saturated carbocycles. The molecular formula is C16H19FN2O4S. The van der Waals surface area contributed by atoms with E-state index in [1.807, 2.05) is 4.90 Å². The van der Waals surface area contributed by atoms with Gasteiger partial charge in [-0.1, -0.05) is 0 Å². The quantitative estimate of drug-likeness (QED) is 0.880. The molecule has 130 valence electrons. The van der Waals surface area contributed by atoms with Crippen LogP contribution in [0.25, 0.3) is 0 Å². The lowest BCUT2D eigenvalue weighted by Gasteiger charge is -2.34. The summed E-state index contributed by atoms with van der Waals surface area (Å²) < 4.78 is 44.6. The van der Waals surface area contributed by atoms with Crippen molar-refractivity contribution in [2.75, 3.05) is 32.7 Å². The molecule has 3 rings (SSSR count). The fraction of sp³-hybridized carbons (Fsp3) is 0.375. The maximum Gasteiger partial charge on any atom is 0.243 e. The van der Waals surface area contributed by atoms with E-state index >= 15 is 0 Å². The van der Waals surface area contributed by atoms with Gasteiger partial charge in [-0.05, 0) is 36.4 Å².